The Hall–Kier alpha value is -2.86. The van der Waals surface area contributed by atoms with Gasteiger partial charge in [-0.25, -0.2) is 4.79 Å². The predicted octanol–water partition coefficient (Wildman–Crippen LogP) is 3.33. The van der Waals surface area contributed by atoms with Gasteiger partial charge in [0.15, 0.2) is 0 Å². The molecule has 0 saturated carbocycles. The molecule has 6 nitrogen and oxygen atoms in total. The molecule has 0 aliphatic carbocycles. The van der Waals surface area contributed by atoms with E-state index in [4.69, 9.17) is 11.6 Å². The fourth-order valence-corrected chi connectivity index (χ4v) is 3.36. The zero-order chi connectivity index (χ0) is 20.5. The Morgan fingerprint density at radius 1 is 1.14 bits per heavy atom. The number of hydrogen-bond donors (Lipinski definition) is 1. The Bertz CT molecular complexity index is 901. The summed E-state index contributed by atoms with van der Waals surface area (Å²) in [5.74, 6) is -0.783. The number of amides is 4. The van der Waals surface area contributed by atoms with Gasteiger partial charge >= 0.3 is 6.03 Å². The van der Waals surface area contributed by atoms with Crippen LogP contribution in [0.4, 0.5) is 4.79 Å². The Labute approximate surface area is 169 Å². The fraction of sp³-hybridized carbons (Fsp3) is 0.286. The summed E-state index contributed by atoms with van der Waals surface area (Å²) < 4.78 is 0. The molecular weight excluding hydrogens is 378 g/mol. The zero-order valence-corrected chi connectivity index (χ0v) is 16.7. The van der Waals surface area contributed by atoms with Gasteiger partial charge in [-0.05, 0) is 37.1 Å². The number of likely N-dealkylation sites (N-methyl/N-ethyl adjacent to an activating group) is 1. The Balaban J connectivity index is 1.75. The molecule has 0 aromatic heterocycles. The molecule has 2 unspecified atom stereocenters. The molecule has 7 heteroatoms. The van der Waals surface area contributed by atoms with Gasteiger partial charge in [-0.2, -0.15) is 0 Å². The molecule has 4 amide bonds. The van der Waals surface area contributed by atoms with E-state index in [-0.39, 0.29) is 18.5 Å². The van der Waals surface area contributed by atoms with Gasteiger partial charge < -0.3 is 10.2 Å². The Kier molecular flexibility index (Phi) is 5.42. The van der Waals surface area contributed by atoms with Crippen LogP contribution in [0.5, 0.6) is 0 Å². The average Bonchev–Trinajstić information content (AvgIpc) is 2.91. The van der Waals surface area contributed by atoms with Gasteiger partial charge in [-0.1, -0.05) is 54.1 Å². The van der Waals surface area contributed by atoms with Crippen molar-refractivity contribution in [1.82, 2.24) is 15.1 Å². The normalized spacial score (nSPS) is 20.1. The second-order valence-corrected chi connectivity index (χ2v) is 7.48. The van der Waals surface area contributed by atoms with Gasteiger partial charge in [-0.15, -0.1) is 0 Å². The number of nitrogens with one attached hydrogen (secondary N) is 1. The van der Waals surface area contributed by atoms with E-state index >= 15 is 0 Å². The van der Waals surface area contributed by atoms with E-state index in [2.05, 4.69) is 5.32 Å². The molecule has 2 aromatic rings. The zero-order valence-electron chi connectivity index (χ0n) is 16.0. The highest BCUT2D eigenvalue weighted by atomic mass is 35.5. The molecule has 0 spiro atoms. The van der Waals surface area contributed by atoms with Crippen LogP contribution in [0.25, 0.3) is 0 Å². The van der Waals surface area contributed by atoms with Crippen LogP contribution in [0, 0.1) is 0 Å². The number of hydrogen-bond acceptors (Lipinski definition) is 3. The monoisotopic (exact) mass is 399 g/mol. The maximum Gasteiger partial charge on any atom is 0.325 e. The van der Waals surface area contributed by atoms with E-state index in [9.17, 15) is 14.4 Å². The largest absolute Gasteiger partial charge is 0.337 e. The highest BCUT2D eigenvalue weighted by molar-refractivity contribution is 6.30. The third kappa shape index (κ3) is 3.60. The summed E-state index contributed by atoms with van der Waals surface area (Å²) in [6.07, 6.45) is 0. The van der Waals surface area contributed by atoms with Crippen LogP contribution in [0.15, 0.2) is 54.6 Å². The van der Waals surface area contributed by atoms with E-state index in [0.717, 1.165) is 10.5 Å². The maximum atomic E-state index is 13.0. The van der Waals surface area contributed by atoms with Crippen LogP contribution in [-0.2, 0) is 15.1 Å². The lowest BCUT2D eigenvalue weighted by molar-refractivity contribution is -0.139. The van der Waals surface area contributed by atoms with Crippen molar-refractivity contribution in [3.63, 3.8) is 0 Å². The summed E-state index contributed by atoms with van der Waals surface area (Å²) in [5.41, 5.74) is 0.351. The van der Waals surface area contributed by atoms with Crippen LogP contribution >= 0.6 is 11.6 Å². The third-order valence-electron chi connectivity index (χ3n) is 5.25. The first kappa shape index (κ1) is 19.9. The minimum absolute atomic E-state index is 0.183. The first-order valence-electron chi connectivity index (χ1n) is 8.95. The number of urea groups is 1. The van der Waals surface area contributed by atoms with E-state index in [0.29, 0.717) is 10.6 Å². The first-order chi connectivity index (χ1) is 13.2. The Morgan fingerprint density at radius 3 is 2.36 bits per heavy atom. The minimum Gasteiger partial charge on any atom is -0.337 e. The van der Waals surface area contributed by atoms with Crippen molar-refractivity contribution in [2.75, 3.05) is 13.6 Å². The Morgan fingerprint density at radius 2 is 1.75 bits per heavy atom. The number of imide groups is 1. The summed E-state index contributed by atoms with van der Waals surface area (Å²) in [6.45, 7) is 3.20. The first-order valence-corrected chi connectivity index (χ1v) is 9.32. The second-order valence-electron chi connectivity index (χ2n) is 7.04. The maximum absolute atomic E-state index is 13.0. The molecule has 0 radical (unpaired) electrons. The molecule has 28 heavy (non-hydrogen) atoms. The highest BCUT2D eigenvalue weighted by Crippen LogP contribution is 2.30. The van der Waals surface area contributed by atoms with Crippen LogP contribution in [0.1, 0.15) is 31.0 Å². The van der Waals surface area contributed by atoms with Crippen LogP contribution in [0.3, 0.4) is 0 Å². The quantitative estimate of drug-likeness (QED) is 0.784. The summed E-state index contributed by atoms with van der Waals surface area (Å²) in [7, 11) is 1.66. The van der Waals surface area contributed by atoms with Crippen molar-refractivity contribution >= 4 is 29.4 Å². The fourth-order valence-electron chi connectivity index (χ4n) is 3.24. The number of benzene rings is 2. The molecule has 146 valence electrons. The van der Waals surface area contributed by atoms with E-state index < -0.39 is 17.5 Å². The molecule has 0 bridgehead atoms. The molecule has 1 aliphatic heterocycles. The smallest absolute Gasteiger partial charge is 0.325 e. The molecule has 1 saturated heterocycles. The lowest BCUT2D eigenvalue weighted by Gasteiger charge is -2.27. The molecule has 1 N–H and O–H groups in total. The van der Waals surface area contributed by atoms with Crippen molar-refractivity contribution < 1.29 is 14.4 Å². The van der Waals surface area contributed by atoms with Crippen molar-refractivity contribution in [3.05, 3.63) is 70.7 Å². The third-order valence-corrected chi connectivity index (χ3v) is 5.50. The number of rotatable bonds is 5. The van der Waals surface area contributed by atoms with Gasteiger partial charge in [0, 0.05) is 12.1 Å². The van der Waals surface area contributed by atoms with Crippen molar-refractivity contribution in [1.29, 1.82) is 0 Å². The van der Waals surface area contributed by atoms with Gasteiger partial charge in [0.05, 0.1) is 6.04 Å². The number of halogens is 1. The van der Waals surface area contributed by atoms with Gasteiger partial charge in [-0.3, -0.25) is 14.5 Å². The van der Waals surface area contributed by atoms with Crippen LogP contribution < -0.4 is 5.32 Å². The van der Waals surface area contributed by atoms with Gasteiger partial charge in [0.25, 0.3) is 5.91 Å². The van der Waals surface area contributed by atoms with E-state index in [1.54, 1.807) is 38.2 Å². The summed E-state index contributed by atoms with van der Waals surface area (Å²) >= 11 is 5.91. The lowest BCUT2D eigenvalue weighted by Crippen LogP contribution is -2.44. The van der Waals surface area contributed by atoms with Crippen molar-refractivity contribution in [3.8, 4) is 0 Å². The lowest BCUT2D eigenvalue weighted by atomic mass is 9.92. The van der Waals surface area contributed by atoms with Crippen molar-refractivity contribution in [2.45, 2.75) is 25.4 Å². The molecule has 2 aromatic carbocycles. The minimum atomic E-state index is -1.23. The van der Waals surface area contributed by atoms with E-state index in [1.807, 2.05) is 37.3 Å². The van der Waals surface area contributed by atoms with E-state index in [1.165, 1.54) is 4.90 Å². The summed E-state index contributed by atoms with van der Waals surface area (Å²) in [4.78, 5) is 40.6. The summed E-state index contributed by atoms with van der Waals surface area (Å²) in [5, 5.41) is 3.23. The number of nitrogens with zero attached hydrogens (tertiary/aromatic N) is 2. The molecule has 2 atom stereocenters. The number of carbonyl (C=O) groups excluding carboxylic acids is 3. The van der Waals surface area contributed by atoms with Crippen molar-refractivity contribution in [2.24, 2.45) is 0 Å². The molecular formula is C21H22ClN3O3. The topological polar surface area (TPSA) is 69.7 Å². The standard InChI is InChI=1S/C21H22ClN3O3/c1-14(15-7-5-4-6-8-15)24(3)18(26)13-25-19(27)21(2,23-20(25)28)16-9-11-17(22)12-10-16/h4-12,14H,13H2,1-3H3,(H,23,28). The SMILES string of the molecule is CC(c1ccccc1)N(C)C(=O)CN1C(=O)NC(C)(c2ccc(Cl)cc2)C1=O. The molecule has 3 rings (SSSR count). The summed E-state index contributed by atoms with van der Waals surface area (Å²) in [6, 6.07) is 15.5. The average molecular weight is 400 g/mol. The second kappa shape index (κ2) is 7.64. The molecule has 1 fully saturated rings. The molecule has 1 heterocycles. The van der Waals surface area contributed by atoms with Gasteiger partial charge in [0.2, 0.25) is 5.91 Å². The van der Waals surface area contributed by atoms with Crippen LogP contribution in [0.2, 0.25) is 5.02 Å². The van der Waals surface area contributed by atoms with Crippen LogP contribution in [-0.4, -0.2) is 41.2 Å². The predicted molar refractivity (Wildman–Crippen MR) is 107 cm³/mol. The van der Waals surface area contributed by atoms with Gasteiger partial charge in [0.1, 0.15) is 12.1 Å². The molecule has 1 aliphatic rings. The highest BCUT2D eigenvalue weighted by Gasteiger charge is 2.49. The number of carbonyl (C=O) groups is 3.